The van der Waals surface area contributed by atoms with E-state index in [1.165, 1.54) is 12.1 Å². The number of primary amides is 1. The SMILES string of the molecule is C[C@@H]1Cc2ccccc2N1C(=O)COC(=O)c1cccc(NC(N)=O)c1. The summed E-state index contributed by atoms with van der Waals surface area (Å²) in [6.45, 7) is 1.60. The Balaban J connectivity index is 1.65. The number of benzene rings is 2. The van der Waals surface area contributed by atoms with Gasteiger partial charge in [0.2, 0.25) is 0 Å². The number of nitrogens with one attached hydrogen (secondary N) is 1. The smallest absolute Gasteiger partial charge is 0.338 e. The van der Waals surface area contributed by atoms with E-state index in [1.54, 1.807) is 17.0 Å². The van der Waals surface area contributed by atoms with E-state index in [-0.39, 0.29) is 24.1 Å². The maximum atomic E-state index is 12.5. The molecule has 3 rings (SSSR count). The molecule has 3 amide bonds. The number of esters is 1. The van der Waals surface area contributed by atoms with Crippen molar-refractivity contribution in [3.63, 3.8) is 0 Å². The van der Waals surface area contributed by atoms with Gasteiger partial charge < -0.3 is 20.7 Å². The van der Waals surface area contributed by atoms with Crippen LogP contribution in [0.4, 0.5) is 16.2 Å². The number of nitrogens with zero attached hydrogens (tertiary/aromatic N) is 1. The lowest BCUT2D eigenvalue weighted by Crippen LogP contribution is -2.38. The summed E-state index contributed by atoms with van der Waals surface area (Å²) in [5.41, 5.74) is 7.61. The molecule has 0 fully saturated rings. The minimum atomic E-state index is -0.729. The van der Waals surface area contributed by atoms with Gasteiger partial charge >= 0.3 is 12.0 Å². The first-order valence-electron chi connectivity index (χ1n) is 8.19. The molecule has 1 aliphatic rings. The van der Waals surface area contributed by atoms with E-state index in [0.29, 0.717) is 5.69 Å². The van der Waals surface area contributed by atoms with Crippen molar-refractivity contribution in [1.29, 1.82) is 0 Å². The van der Waals surface area contributed by atoms with E-state index in [2.05, 4.69) is 5.32 Å². The molecule has 0 bridgehead atoms. The van der Waals surface area contributed by atoms with Crippen LogP contribution in [-0.2, 0) is 16.0 Å². The summed E-state index contributed by atoms with van der Waals surface area (Å²) in [5.74, 6) is -0.922. The summed E-state index contributed by atoms with van der Waals surface area (Å²) in [4.78, 5) is 37.3. The average molecular weight is 353 g/mol. The number of nitrogens with two attached hydrogens (primary N) is 1. The molecule has 0 unspecified atom stereocenters. The monoisotopic (exact) mass is 353 g/mol. The molecular weight excluding hydrogens is 334 g/mol. The topological polar surface area (TPSA) is 102 Å². The molecular formula is C19H19N3O4. The zero-order chi connectivity index (χ0) is 18.7. The van der Waals surface area contributed by atoms with Gasteiger partial charge in [-0.3, -0.25) is 4.79 Å². The number of rotatable bonds is 4. The fourth-order valence-corrected chi connectivity index (χ4v) is 3.09. The molecule has 26 heavy (non-hydrogen) atoms. The summed E-state index contributed by atoms with van der Waals surface area (Å²) in [5, 5.41) is 2.38. The third kappa shape index (κ3) is 3.66. The predicted molar refractivity (Wildman–Crippen MR) is 97.0 cm³/mol. The molecule has 0 radical (unpaired) electrons. The third-order valence-corrected chi connectivity index (χ3v) is 4.17. The molecule has 0 aromatic heterocycles. The second-order valence-electron chi connectivity index (χ2n) is 6.09. The second kappa shape index (κ2) is 7.26. The lowest BCUT2D eigenvalue weighted by molar-refractivity contribution is -0.122. The van der Waals surface area contributed by atoms with E-state index < -0.39 is 12.0 Å². The summed E-state index contributed by atoms with van der Waals surface area (Å²) in [7, 11) is 0. The molecule has 1 heterocycles. The summed E-state index contributed by atoms with van der Waals surface area (Å²) in [6.07, 6.45) is 0.774. The normalized spacial score (nSPS) is 15.3. The Labute approximate surface area is 150 Å². The number of hydrogen-bond donors (Lipinski definition) is 2. The molecule has 2 aromatic rings. The number of carbonyl (C=O) groups is 3. The Morgan fingerprint density at radius 2 is 1.96 bits per heavy atom. The first-order valence-corrected chi connectivity index (χ1v) is 8.19. The molecule has 134 valence electrons. The van der Waals surface area contributed by atoms with Gasteiger partial charge in [0.1, 0.15) is 0 Å². The third-order valence-electron chi connectivity index (χ3n) is 4.17. The van der Waals surface area contributed by atoms with Gasteiger partial charge in [-0.1, -0.05) is 24.3 Å². The van der Waals surface area contributed by atoms with E-state index in [1.807, 2.05) is 31.2 Å². The fraction of sp³-hybridized carbons (Fsp3) is 0.211. The van der Waals surface area contributed by atoms with Gasteiger partial charge in [0.05, 0.1) is 5.56 Å². The Bertz CT molecular complexity index is 865. The van der Waals surface area contributed by atoms with E-state index in [9.17, 15) is 14.4 Å². The zero-order valence-electron chi connectivity index (χ0n) is 14.3. The molecule has 2 aromatic carbocycles. The van der Waals surface area contributed by atoms with Gasteiger partial charge in [-0.05, 0) is 43.2 Å². The van der Waals surface area contributed by atoms with Crippen molar-refractivity contribution in [2.45, 2.75) is 19.4 Å². The van der Waals surface area contributed by atoms with Crippen LogP contribution in [0.5, 0.6) is 0 Å². The number of para-hydroxylation sites is 1. The predicted octanol–water partition coefficient (Wildman–Crippen LogP) is 2.31. The first kappa shape index (κ1) is 17.5. The summed E-state index contributed by atoms with van der Waals surface area (Å²) in [6, 6.07) is 13.1. The van der Waals surface area contributed by atoms with Gasteiger partial charge in [0.15, 0.2) is 6.61 Å². The molecule has 1 atom stereocenters. The Morgan fingerprint density at radius 1 is 1.19 bits per heavy atom. The van der Waals surface area contributed by atoms with E-state index >= 15 is 0 Å². The number of urea groups is 1. The molecule has 3 N–H and O–H groups in total. The number of ether oxygens (including phenoxy) is 1. The van der Waals surface area contributed by atoms with Crippen molar-refractivity contribution in [3.05, 3.63) is 59.7 Å². The van der Waals surface area contributed by atoms with Crippen molar-refractivity contribution in [3.8, 4) is 0 Å². The second-order valence-corrected chi connectivity index (χ2v) is 6.09. The van der Waals surface area contributed by atoms with Gasteiger partial charge in [-0.25, -0.2) is 9.59 Å². The molecule has 1 aliphatic heterocycles. The summed E-state index contributed by atoms with van der Waals surface area (Å²) < 4.78 is 5.15. The fourth-order valence-electron chi connectivity index (χ4n) is 3.09. The Morgan fingerprint density at radius 3 is 2.73 bits per heavy atom. The molecule has 0 saturated heterocycles. The average Bonchev–Trinajstić information content (AvgIpc) is 2.94. The van der Waals surface area contributed by atoms with Gasteiger partial charge in [0.25, 0.3) is 5.91 Å². The van der Waals surface area contributed by atoms with Crippen LogP contribution in [0.1, 0.15) is 22.8 Å². The van der Waals surface area contributed by atoms with Crippen LogP contribution in [-0.4, -0.2) is 30.6 Å². The molecule has 7 heteroatoms. The van der Waals surface area contributed by atoms with Crippen LogP contribution in [0.3, 0.4) is 0 Å². The first-order chi connectivity index (χ1) is 12.5. The lowest BCUT2D eigenvalue weighted by Gasteiger charge is -2.22. The standard InChI is InChI=1S/C19H19N3O4/c1-12-9-13-5-2-3-8-16(13)22(12)17(23)11-26-18(24)14-6-4-7-15(10-14)21-19(20)25/h2-8,10,12H,9,11H2,1H3,(H3,20,21,25)/t12-/m1/s1. The summed E-state index contributed by atoms with van der Waals surface area (Å²) >= 11 is 0. The van der Waals surface area contributed by atoms with Crippen LogP contribution >= 0.6 is 0 Å². The van der Waals surface area contributed by atoms with Crippen LogP contribution in [0.15, 0.2) is 48.5 Å². The van der Waals surface area contributed by atoms with E-state index in [4.69, 9.17) is 10.5 Å². The lowest BCUT2D eigenvalue weighted by atomic mass is 10.1. The van der Waals surface area contributed by atoms with Crippen molar-refractivity contribution < 1.29 is 19.1 Å². The number of anilines is 2. The maximum Gasteiger partial charge on any atom is 0.338 e. The zero-order valence-corrected chi connectivity index (χ0v) is 14.3. The molecule has 7 nitrogen and oxygen atoms in total. The molecule has 0 saturated carbocycles. The van der Waals surface area contributed by atoms with Gasteiger partial charge in [0, 0.05) is 17.4 Å². The molecule has 0 aliphatic carbocycles. The Kier molecular flexibility index (Phi) is 4.88. The molecule has 0 spiro atoms. The van der Waals surface area contributed by atoms with Crippen molar-refractivity contribution in [2.24, 2.45) is 5.73 Å². The highest BCUT2D eigenvalue weighted by Crippen LogP contribution is 2.31. The highest BCUT2D eigenvalue weighted by Gasteiger charge is 2.31. The number of hydrogen-bond acceptors (Lipinski definition) is 4. The Hall–Kier alpha value is -3.35. The minimum absolute atomic E-state index is 0.0155. The highest BCUT2D eigenvalue weighted by molar-refractivity contribution is 5.99. The van der Waals surface area contributed by atoms with E-state index in [0.717, 1.165) is 17.7 Å². The maximum absolute atomic E-state index is 12.5. The largest absolute Gasteiger partial charge is 0.452 e. The number of amides is 3. The highest BCUT2D eigenvalue weighted by atomic mass is 16.5. The van der Waals surface area contributed by atoms with Crippen LogP contribution in [0, 0.1) is 0 Å². The van der Waals surface area contributed by atoms with Crippen molar-refractivity contribution in [2.75, 3.05) is 16.8 Å². The minimum Gasteiger partial charge on any atom is -0.452 e. The quantitative estimate of drug-likeness (QED) is 0.824. The van der Waals surface area contributed by atoms with Crippen LogP contribution in [0.2, 0.25) is 0 Å². The van der Waals surface area contributed by atoms with Crippen molar-refractivity contribution >= 4 is 29.3 Å². The number of carbonyl (C=O) groups excluding carboxylic acids is 3. The van der Waals surface area contributed by atoms with Gasteiger partial charge in [-0.15, -0.1) is 0 Å². The van der Waals surface area contributed by atoms with Crippen molar-refractivity contribution in [1.82, 2.24) is 0 Å². The van der Waals surface area contributed by atoms with Gasteiger partial charge in [-0.2, -0.15) is 0 Å². The van der Waals surface area contributed by atoms with Crippen LogP contribution < -0.4 is 16.0 Å². The van der Waals surface area contributed by atoms with Crippen LogP contribution in [0.25, 0.3) is 0 Å². The number of fused-ring (bicyclic) bond motifs is 1.